The maximum Gasteiger partial charge on any atom is 0.278 e. The molecule has 0 fully saturated rings. The highest BCUT2D eigenvalue weighted by atomic mass is 32.1. The highest BCUT2D eigenvalue weighted by Gasteiger charge is 2.16. The van der Waals surface area contributed by atoms with Gasteiger partial charge in [0.05, 0.1) is 12.7 Å². The molecular weight excluding hydrogens is 300 g/mol. The molecule has 7 heteroatoms. The fourth-order valence-corrected chi connectivity index (χ4v) is 2.63. The molecule has 0 aliphatic rings. The summed E-state index contributed by atoms with van der Waals surface area (Å²) in [7, 11) is 0. The van der Waals surface area contributed by atoms with Crippen LogP contribution in [0.1, 0.15) is 41.6 Å². The van der Waals surface area contributed by atoms with Crippen molar-refractivity contribution in [3.63, 3.8) is 0 Å². The molecule has 114 valence electrons. The van der Waals surface area contributed by atoms with Crippen LogP contribution in [0.4, 0.5) is 5.82 Å². The molecule has 0 aromatic carbocycles. The second-order valence-corrected chi connectivity index (χ2v) is 6.01. The number of nitrogens with one attached hydrogen (secondary N) is 1. The summed E-state index contributed by atoms with van der Waals surface area (Å²) in [6.07, 6.45) is 1.66. The quantitative estimate of drug-likeness (QED) is 0.783. The van der Waals surface area contributed by atoms with Gasteiger partial charge in [-0.05, 0) is 22.4 Å². The van der Waals surface area contributed by atoms with Gasteiger partial charge in [0.1, 0.15) is 11.6 Å². The van der Waals surface area contributed by atoms with Crippen molar-refractivity contribution >= 4 is 23.1 Å². The third kappa shape index (κ3) is 3.09. The molecule has 22 heavy (non-hydrogen) atoms. The van der Waals surface area contributed by atoms with Crippen LogP contribution in [0.15, 0.2) is 39.7 Å². The summed E-state index contributed by atoms with van der Waals surface area (Å²) in [5, 5.41) is 14.9. The summed E-state index contributed by atoms with van der Waals surface area (Å²) in [5.41, 5.74) is 1.42. The molecule has 0 unspecified atom stereocenters. The summed E-state index contributed by atoms with van der Waals surface area (Å²) < 4.78 is 6.89. The van der Waals surface area contributed by atoms with E-state index in [2.05, 4.69) is 21.0 Å². The molecule has 0 saturated carbocycles. The molecule has 0 radical (unpaired) electrons. The molecule has 0 spiro atoms. The Hall–Kier alpha value is -2.41. The first-order valence-corrected chi connectivity index (χ1v) is 7.88. The Labute approximate surface area is 131 Å². The van der Waals surface area contributed by atoms with Crippen molar-refractivity contribution in [2.75, 3.05) is 5.32 Å². The summed E-state index contributed by atoms with van der Waals surface area (Å²) in [6.45, 7) is 4.58. The highest BCUT2D eigenvalue weighted by Crippen LogP contribution is 2.17. The number of carbonyl (C=O) groups excluding carboxylic acids is 1. The summed E-state index contributed by atoms with van der Waals surface area (Å²) in [5.74, 6) is 1.21. The van der Waals surface area contributed by atoms with Crippen LogP contribution >= 0.6 is 11.3 Å². The van der Waals surface area contributed by atoms with E-state index in [9.17, 15) is 4.79 Å². The third-order valence-electron chi connectivity index (χ3n) is 3.20. The lowest BCUT2D eigenvalue weighted by molar-refractivity contribution is 0.101. The van der Waals surface area contributed by atoms with Gasteiger partial charge in [-0.3, -0.25) is 4.79 Å². The van der Waals surface area contributed by atoms with Crippen molar-refractivity contribution in [2.24, 2.45) is 0 Å². The van der Waals surface area contributed by atoms with Crippen LogP contribution in [0.25, 0.3) is 0 Å². The number of rotatable bonds is 5. The minimum atomic E-state index is -0.303. The van der Waals surface area contributed by atoms with Gasteiger partial charge in [0, 0.05) is 18.1 Å². The van der Waals surface area contributed by atoms with E-state index in [1.807, 2.05) is 25.3 Å². The van der Waals surface area contributed by atoms with Crippen LogP contribution in [0, 0.1) is 0 Å². The Bertz CT molecular complexity index is 758. The van der Waals surface area contributed by atoms with E-state index < -0.39 is 0 Å². The van der Waals surface area contributed by atoms with Crippen LogP contribution in [0.2, 0.25) is 0 Å². The molecule has 1 amide bonds. The van der Waals surface area contributed by atoms with Gasteiger partial charge in [-0.1, -0.05) is 19.0 Å². The largest absolute Gasteiger partial charge is 0.360 e. The smallest absolute Gasteiger partial charge is 0.278 e. The molecule has 1 N–H and O–H groups in total. The van der Waals surface area contributed by atoms with Crippen molar-refractivity contribution < 1.29 is 9.32 Å². The molecule has 0 saturated heterocycles. The fraction of sp³-hybridized carbons (Fsp3) is 0.267. The first-order chi connectivity index (χ1) is 10.6. The summed E-state index contributed by atoms with van der Waals surface area (Å²) in [6, 6.07) is 5.46. The normalized spacial score (nSPS) is 11.0. The lowest BCUT2D eigenvalue weighted by atomic mass is 10.1. The number of anilines is 1. The molecular formula is C15H16N4O2S. The first kappa shape index (κ1) is 14.5. The minimum Gasteiger partial charge on any atom is -0.360 e. The maximum absolute atomic E-state index is 12.2. The van der Waals surface area contributed by atoms with Crippen LogP contribution in [0.3, 0.4) is 0 Å². The predicted octanol–water partition coefficient (Wildman–Crippen LogP) is 3.36. The van der Waals surface area contributed by atoms with Crippen LogP contribution < -0.4 is 5.32 Å². The Balaban J connectivity index is 1.72. The second kappa shape index (κ2) is 6.15. The van der Waals surface area contributed by atoms with Gasteiger partial charge in [-0.2, -0.15) is 16.4 Å². The van der Waals surface area contributed by atoms with Crippen LogP contribution in [-0.2, 0) is 6.54 Å². The average Bonchev–Trinajstić information content (AvgIpc) is 3.21. The topological polar surface area (TPSA) is 73.0 Å². The van der Waals surface area contributed by atoms with Crippen molar-refractivity contribution in [1.82, 2.24) is 14.9 Å². The number of thiophene rings is 1. The number of amides is 1. The lowest BCUT2D eigenvalue weighted by Gasteiger charge is -2.06. The Morgan fingerprint density at radius 3 is 3.00 bits per heavy atom. The van der Waals surface area contributed by atoms with E-state index in [4.69, 9.17) is 4.52 Å². The molecule has 3 aromatic heterocycles. The van der Waals surface area contributed by atoms with Gasteiger partial charge >= 0.3 is 0 Å². The SMILES string of the molecule is CC(C)c1cc(C(=O)Nc2ccnn2Cc2ccsc2)no1. The van der Waals surface area contributed by atoms with E-state index in [0.717, 1.165) is 5.56 Å². The lowest BCUT2D eigenvalue weighted by Crippen LogP contribution is -2.16. The Morgan fingerprint density at radius 1 is 1.45 bits per heavy atom. The van der Waals surface area contributed by atoms with Crippen molar-refractivity contribution in [1.29, 1.82) is 0 Å². The average molecular weight is 316 g/mol. The zero-order chi connectivity index (χ0) is 15.5. The van der Waals surface area contributed by atoms with Crippen molar-refractivity contribution in [2.45, 2.75) is 26.3 Å². The number of nitrogens with zero attached hydrogens (tertiary/aromatic N) is 3. The monoisotopic (exact) mass is 316 g/mol. The van der Waals surface area contributed by atoms with Gasteiger partial charge in [-0.25, -0.2) is 4.68 Å². The van der Waals surface area contributed by atoms with Crippen molar-refractivity contribution in [3.05, 3.63) is 52.2 Å². The Kier molecular flexibility index (Phi) is 4.06. The van der Waals surface area contributed by atoms with Crippen molar-refractivity contribution in [3.8, 4) is 0 Å². The van der Waals surface area contributed by atoms with Gasteiger partial charge in [0.2, 0.25) is 0 Å². The van der Waals surface area contributed by atoms with Gasteiger partial charge in [-0.15, -0.1) is 0 Å². The number of carbonyl (C=O) groups is 1. The van der Waals surface area contributed by atoms with Gasteiger partial charge in [0.15, 0.2) is 5.69 Å². The predicted molar refractivity (Wildman–Crippen MR) is 84.2 cm³/mol. The van der Waals surface area contributed by atoms with E-state index in [-0.39, 0.29) is 17.5 Å². The molecule has 0 bridgehead atoms. The molecule has 0 atom stereocenters. The van der Waals surface area contributed by atoms with Gasteiger partial charge < -0.3 is 9.84 Å². The fourth-order valence-electron chi connectivity index (χ4n) is 1.97. The molecule has 3 heterocycles. The van der Waals surface area contributed by atoms with Gasteiger partial charge in [0.25, 0.3) is 5.91 Å². The number of hydrogen-bond acceptors (Lipinski definition) is 5. The highest BCUT2D eigenvalue weighted by molar-refractivity contribution is 7.07. The second-order valence-electron chi connectivity index (χ2n) is 5.23. The van der Waals surface area contributed by atoms with E-state index in [1.54, 1.807) is 34.3 Å². The molecule has 0 aliphatic heterocycles. The zero-order valence-electron chi connectivity index (χ0n) is 12.3. The summed E-state index contributed by atoms with van der Waals surface area (Å²) in [4.78, 5) is 12.2. The standard InChI is InChI=1S/C15H16N4O2S/c1-10(2)13-7-12(18-21-13)15(20)17-14-3-5-16-19(14)8-11-4-6-22-9-11/h3-7,9-10H,8H2,1-2H3,(H,17,20). The third-order valence-corrected chi connectivity index (χ3v) is 3.93. The maximum atomic E-state index is 12.2. The molecule has 3 rings (SSSR count). The molecule has 3 aromatic rings. The molecule has 6 nitrogen and oxygen atoms in total. The minimum absolute atomic E-state index is 0.193. The number of aromatic nitrogens is 3. The molecule has 0 aliphatic carbocycles. The number of hydrogen-bond donors (Lipinski definition) is 1. The summed E-state index contributed by atoms with van der Waals surface area (Å²) >= 11 is 1.63. The Morgan fingerprint density at radius 2 is 2.32 bits per heavy atom. The van der Waals surface area contributed by atoms with E-state index >= 15 is 0 Å². The van der Waals surface area contributed by atoms with E-state index in [0.29, 0.717) is 18.1 Å². The van der Waals surface area contributed by atoms with Crippen LogP contribution in [-0.4, -0.2) is 20.8 Å². The van der Waals surface area contributed by atoms with Crippen LogP contribution in [0.5, 0.6) is 0 Å². The first-order valence-electron chi connectivity index (χ1n) is 6.94. The van der Waals surface area contributed by atoms with E-state index in [1.165, 1.54) is 0 Å². The zero-order valence-corrected chi connectivity index (χ0v) is 13.1.